The molecule has 30 heavy (non-hydrogen) atoms. The molecule has 2 aromatic heterocycles. The van der Waals surface area contributed by atoms with Crippen LogP contribution in [0.15, 0.2) is 31.1 Å². The molecule has 164 valence electrons. The topological polar surface area (TPSA) is 77.3 Å². The van der Waals surface area contributed by atoms with Gasteiger partial charge in [0.15, 0.2) is 0 Å². The van der Waals surface area contributed by atoms with Gasteiger partial charge in [-0.1, -0.05) is 39.3 Å². The molecule has 7 nitrogen and oxygen atoms in total. The number of aryl methyl sites for hydroxylation is 2. The van der Waals surface area contributed by atoms with Crippen molar-refractivity contribution in [1.82, 2.24) is 19.4 Å². The number of carbonyl (C=O) groups excluding carboxylic acids is 2. The van der Waals surface area contributed by atoms with Crippen molar-refractivity contribution in [2.75, 3.05) is 13.7 Å². The molecule has 0 aliphatic heterocycles. The lowest BCUT2D eigenvalue weighted by Gasteiger charge is -2.30. The van der Waals surface area contributed by atoms with Crippen LogP contribution in [0.5, 0.6) is 0 Å². The first-order chi connectivity index (χ1) is 14.4. The molecule has 2 heterocycles. The summed E-state index contributed by atoms with van der Waals surface area (Å²) in [7, 11) is 1.70. The number of unbranched alkanes of at least 4 members (excludes halogenated alkanes) is 2. The third-order valence-electron chi connectivity index (χ3n) is 5.59. The normalized spacial score (nSPS) is 13.1. The fraction of sp³-hybridized carbons (Fsp3) is 0.565. The molecular formula is C23H34N4O3. The zero-order valence-corrected chi connectivity index (χ0v) is 18.6. The molecular weight excluding hydrogens is 380 g/mol. The predicted molar refractivity (Wildman–Crippen MR) is 118 cm³/mol. The van der Waals surface area contributed by atoms with Gasteiger partial charge in [0.1, 0.15) is 24.0 Å². The monoisotopic (exact) mass is 414 g/mol. The molecule has 0 saturated heterocycles. The van der Waals surface area contributed by atoms with Crippen LogP contribution in [-0.2, 0) is 20.9 Å². The minimum atomic E-state index is -0.559. The highest BCUT2D eigenvalue weighted by molar-refractivity contribution is 5.84. The van der Waals surface area contributed by atoms with Gasteiger partial charge in [0, 0.05) is 26.2 Å². The molecule has 0 aromatic carbocycles. The molecule has 0 fully saturated rings. The molecule has 2 rings (SSSR count). The number of hydrogen-bond acceptors (Lipinski definition) is 5. The molecule has 0 bridgehead atoms. The zero-order chi connectivity index (χ0) is 22.1. The number of aromatic nitrogens is 3. The van der Waals surface area contributed by atoms with Gasteiger partial charge >= 0.3 is 5.97 Å². The van der Waals surface area contributed by atoms with Crippen LogP contribution in [0.3, 0.4) is 0 Å². The molecule has 0 radical (unpaired) electrons. The average molecular weight is 415 g/mol. The smallest absolute Gasteiger partial charge is 0.329 e. The summed E-state index contributed by atoms with van der Waals surface area (Å²) in [5.41, 5.74) is 2.00. The van der Waals surface area contributed by atoms with E-state index in [1.54, 1.807) is 24.3 Å². The lowest BCUT2D eigenvalue weighted by molar-refractivity contribution is -0.155. The van der Waals surface area contributed by atoms with Gasteiger partial charge < -0.3 is 14.2 Å². The summed E-state index contributed by atoms with van der Waals surface area (Å²) in [4.78, 5) is 35.3. The Morgan fingerprint density at radius 3 is 2.80 bits per heavy atom. The number of hydrogen-bond donors (Lipinski definition) is 0. The first-order valence-corrected chi connectivity index (χ1v) is 10.7. The Balaban J connectivity index is 1.84. The average Bonchev–Trinajstić information content (AvgIpc) is 3.06. The maximum absolute atomic E-state index is 12.7. The molecule has 0 aliphatic rings. The highest BCUT2D eigenvalue weighted by Gasteiger charge is 2.32. The summed E-state index contributed by atoms with van der Waals surface area (Å²) >= 11 is 0. The molecule has 2 aromatic rings. The van der Waals surface area contributed by atoms with E-state index < -0.39 is 6.04 Å². The molecule has 0 unspecified atom stereocenters. The van der Waals surface area contributed by atoms with E-state index in [-0.39, 0.29) is 24.4 Å². The third kappa shape index (κ3) is 5.90. The van der Waals surface area contributed by atoms with Gasteiger partial charge in [-0.3, -0.25) is 9.78 Å². The van der Waals surface area contributed by atoms with Gasteiger partial charge in [0.05, 0.1) is 11.7 Å². The molecule has 7 heteroatoms. The van der Waals surface area contributed by atoms with Crippen molar-refractivity contribution >= 4 is 22.9 Å². The fourth-order valence-corrected chi connectivity index (χ4v) is 3.66. The Morgan fingerprint density at radius 2 is 2.10 bits per heavy atom. The standard InChI is InChI=1S/C23H34N4O3/c1-6-15-30-23(29)22(17(3)7-2)26(5)21(28)11-9-8-10-14-27-18(4)25-19-16-24-13-12-20(19)27/h6,12-13,16-17,22H,1,7-11,14-15H2,2-5H3/t17-,22-/m0/s1. The number of likely N-dealkylation sites (N-methyl/N-ethyl adjacent to an activating group) is 1. The van der Waals surface area contributed by atoms with Crippen LogP contribution in [0.4, 0.5) is 0 Å². The van der Waals surface area contributed by atoms with E-state index >= 15 is 0 Å². The summed E-state index contributed by atoms with van der Waals surface area (Å²) in [5.74, 6) is 0.620. The van der Waals surface area contributed by atoms with Crippen molar-refractivity contribution < 1.29 is 14.3 Å². The van der Waals surface area contributed by atoms with Gasteiger partial charge in [-0.05, 0) is 31.7 Å². The number of amides is 1. The van der Waals surface area contributed by atoms with E-state index in [1.807, 2.05) is 26.8 Å². The van der Waals surface area contributed by atoms with E-state index in [0.29, 0.717) is 6.42 Å². The van der Waals surface area contributed by atoms with Gasteiger partial charge in [0.25, 0.3) is 0 Å². The van der Waals surface area contributed by atoms with Crippen LogP contribution in [0.1, 0.15) is 51.8 Å². The summed E-state index contributed by atoms with van der Waals surface area (Å²) in [5, 5.41) is 0. The van der Waals surface area contributed by atoms with Crippen molar-refractivity contribution in [1.29, 1.82) is 0 Å². The van der Waals surface area contributed by atoms with Gasteiger partial charge in [0.2, 0.25) is 5.91 Å². The number of rotatable bonds is 12. The van der Waals surface area contributed by atoms with Crippen LogP contribution in [-0.4, -0.2) is 51.0 Å². The van der Waals surface area contributed by atoms with E-state index in [2.05, 4.69) is 21.1 Å². The van der Waals surface area contributed by atoms with Gasteiger partial charge in [-0.2, -0.15) is 0 Å². The Kier molecular flexibility index (Phi) is 9.02. The number of nitrogens with zero attached hydrogens (tertiary/aromatic N) is 4. The highest BCUT2D eigenvalue weighted by atomic mass is 16.5. The van der Waals surface area contributed by atoms with Gasteiger partial charge in [-0.25, -0.2) is 9.78 Å². The SMILES string of the molecule is C=CCOC(=O)[C@H]([C@@H](C)CC)N(C)C(=O)CCCCCn1c(C)nc2cnccc21. The second-order valence-corrected chi connectivity index (χ2v) is 7.74. The lowest BCUT2D eigenvalue weighted by atomic mass is 9.97. The van der Waals surface area contributed by atoms with E-state index in [9.17, 15) is 9.59 Å². The summed E-state index contributed by atoms with van der Waals surface area (Å²) in [6, 6.07) is 1.42. The van der Waals surface area contributed by atoms with Crippen LogP contribution in [0, 0.1) is 12.8 Å². The third-order valence-corrected chi connectivity index (χ3v) is 5.59. The van der Waals surface area contributed by atoms with Crippen LogP contribution in [0.2, 0.25) is 0 Å². The van der Waals surface area contributed by atoms with Gasteiger partial charge in [-0.15, -0.1) is 0 Å². The Hall–Kier alpha value is -2.70. The molecule has 2 atom stereocenters. The minimum absolute atomic E-state index is 0.0220. The van der Waals surface area contributed by atoms with Crippen molar-refractivity contribution in [3.8, 4) is 0 Å². The maximum Gasteiger partial charge on any atom is 0.329 e. The quantitative estimate of drug-likeness (QED) is 0.299. The molecule has 0 saturated carbocycles. The largest absolute Gasteiger partial charge is 0.460 e. The van der Waals surface area contributed by atoms with Crippen LogP contribution >= 0.6 is 0 Å². The van der Waals surface area contributed by atoms with E-state index in [4.69, 9.17) is 4.74 Å². The maximum atomic E-state index is 12.7. The summed E-state index contributed by atoms with van der Waals surface area (Å²) in [6.45, 7) is 10.6. The summed E-state index contributed by atoms with van der Waals surface area (Å²) in [6.07, 6.45) is 8.98. The second-order valence-electron chi connectivity index (χ2n) is 7.74. The fourth-order valence-electron chi connectivity index (χ4n) is 3.66. The minimum Gasteiger partial charge on any atom is -0.460 e. The summed E-state index contributed by atoms with van der Waals surface area (Å²) < 4.78 is 7.41. The number of imidazole rings is 1. The predicted octanol–water partition coefficient (Wildman–Crippen LogP) is 3.90. The number of esters is 1. The second kappa shape index (κ2) is 11.5. The van der Waals surface area contributed by atoms with Crippen molar-refractivity contribution in [3.05, 3.63) is 36.9 Å². The molecule has 1 amide bonds. The van der Waals surface area contributed by atoms with Crippen molar-refractivity contribution in [3.63, 3.8) is 0 Å². The van der Waals surface area contributed by atoms with E-state index in [0.717, 1.165) is 49.1 Å². The zero-order valence-electron chi connectivity index (χ0n) is 18.6. The Labute approximate surface area is 179 Å². The number of fused-ring (bicyclic) bond motifs is 1. The van der Waals surface area contributed by atoms with Crippen LogP contribution < -0.4 is 0 Å². The Morgan fingerprint density at radius 1 is 1.33 bits per heavy atom. The first kappa shape index (κ1) is 23.6. The first-order valence-electron chi connectivity index (χ1n) is 10.7. The Bertz CT molecular complexity index is 861. The molecule has 0 N–H and O–H groups in total. The van der Waals surface area contributed by atoms with E-state index in [1.165, 1.54) is 6.08 Å². The highest BCUT2D eigenvalue weighted by Crippen LogP contribution is 2.18. The van der Waals surface area contributed by atoms with Crippen LogP contribution in [0.25, 0.3) is 11.0 Å². The lowest BCUT2D eigenvalue weighted by Crippen LogP contribution is -2.47. The van der Waals surface area contributed by atoms with Crippen molar-refractivity contribution in [2.24, 2.45) is 5.92 Å². The number of carbonyl (C=O) groups is 2. The number of ether oxygens (including phenoxy) is 1. The van der Waals surface area contributed by atoms with Crippen molar-refractivity contribution in [2.45, 2.75) is 65.5 Å². The molecule has 0 spiro atoms. The number of pyridine rings is 1. The molecule has 0 aliphatic carbocycles.